The third kappa shape index (κ3) is 4.04. The Hall–Kier alpha value is -3.64. The molecular formula is C24H19NO4S. The zero-order chi connectivity index (χ0) is 20.9. The Labute approximate surface area is 177 Å². The SMILES string of the molecule is CCOC(=O)c1c(-c2ccc(-c3ccccc3)cc2)csc1NC(=O)c1ccco1. The molecule has 150 valence electrons. The number of anilines is 1. The lowest BCUT2D eigenvalue weighted by Crippen LogP contribution is -2.14. The van der Waals surface area contributed by atoms with Crippen molar-refractivity contribution >= 4 is 28.2 Å². The van der Waals surface area contributed by atoms with Gasteiger partial charge in [0, 0.05) is 10.9 Å². The Bertz CT molecular complexity index is 1150. The highest BCUT2D eigenvalue weighted by Gasteiger charge is 2.23. The summed E-state index contributed by atoms with van der Waals surface area (Å²) in [4.78, 5) is 25.1. The van der Waals surface area contributed by atoms with Gasteiger partial charge in [0.05, 0.1) is 12.9 Å². The Morgan fingerprint density at radius 1 is 0.933 bits per heavy atom. The maximum Gasteiger partial charge on any atom is 0.341 e. The molecule has 2 aromatic heterocycles. The number of hydrogen-bond donors (Lipinski definition) is 1. The monoisotopic (exact) mass is 417 g/mol. The van der Waals surface area contributed by atoms with Crippen molar-refractivity contribution in [2.24, 2.45) is 0 Å². The van der Waals surface area contributed by atoms with Crippen molar-refractivity contribution in [2.45, 2.75) is 6.92 Å². The molecule has 5 nitrogen and oxygen atoms in total. The molecule has 2 heterocycles. The maximum absolute atomic E-state index is 12.7. The summed E-state index contributed by atoms with van der Waals surface area (Å²) in [6, 6.07) is 21.2. The van der Waals surface area contributed by atoms with E-state index in [1.165, 1.54) is 17.6 Å². The van der Waals surface area contributed by atoms with Gasteiger partial charge in [-0.1, -0.05) is 54.6 Å². The van der Waals surface area contributed by atoms with Crippen LogP contribution in [0, 0.1) is 0 Å². The predicted octanol–water partition coefficient (Wildman–Crippen LogP) is 6.10. The van der Waals surface area contributed by atoms with Gasteiger partial charge in [-0.05, 0) is 35.7 Å². The van der Waals surface area contributed by atoms with Crippen LogP contribution in [0.2, 0.25) is 0 Å². The number of rotatable bonds is 6. The molecule has 0 aliphatic rings. The number of thiophene rings is 1. The first kappa shape index (κ1) is 19.7. The molecule has 0 spiro atoms. The van der Waals surface area contributed by atoms with E-state index in [1.54, 1.807) is 19.1 Å². The second kappa shape index (κ2) is 8.80. The Morgan fingerprint density at radius 3 is 2.30 bits per heavy atom. The number of carbonyl (C=O) groups excluding carboxylic acids is 2. The molecule has 0 saturated heterocycles. The molecule has 30 heavy (non-hydrogen) atoms. The number of furan rings is 1. The first-order valence-electron chi connectivity index (χ1n) is 9.46. The third-order valence-corrected chi connectivity index (χ3v) is 5.44. The normalized spacial score (nSPS) is 10.6. The van der Waals surface area contributed by atoms with E-state index < -0.39 is 11.9 Å². The predicted molar refractivity (Wildman–Crippen MR) is 118 cm³/mol. The summed E-state index contributed by atoms with van der Waals surface area (Å²) in [6.45, 7) is 1.99. The van der Waals surface area contributed by atoms with Crippen molar-refractivity contribution in [3.63, 3.8) is 0 Å². The average Bonchev–Trinajstić information content (AvgIpc) is 3.45. The first-order valence-corrected chi connectivity index (χ1v) is 10.3. The van der Waals surface area contributed by atoms with Crippen LogP contribution in [-0.2, 0) is 4.74 Å². The Balaban J connectivity index is 1.68. The molecule has 1 amide bonds. The van der Waals surface area contributed by atoms with E-state index in [0.29, 0.717) is 16.1 Å². The van der Waals surface area contributed by atoms with Gasteiger partial charge in [-0.3, -0.25) is 4.79 Å². The van der Waals surface area contributed by atoms with Crippen LogP contribution < -0.4 is 5.32 Å². The Morgan fingerprint density at radius 2 is 1.63 bits per heavy atom. The molecule has 0 fully saturated rings. The molecule has 4 rings (SSSR count). The molecule has 0 aliphatic heterocycles. The fraction of sp³-hybridized carbons (Fsp3) is 0.0833. The molecule has 0 aliphatic carbocycles. The highest BCUT2D eigenvalue weighted by molar-refractivity contribution is 7.15. The lowest BCUT2D eigenvalue weighted by atomic mass is 9.99. The van der Waals surface area contributed by atoms with Crippen LogP contribution in [0.25, 0.3) is 22.3 Å². The number of carbonyl (C=O) groups is 2. The summed E-state index contributed by atoms with van der Waals surface area (Å²) in [5, 5.41) is 5.04. The fourth-order valence-corrected chi connectivity index (χ4v) is 4.07. The van der Waals surface area contributed by atoms with Gasteiger partial charge in [0.15, 0.2) is 5.76 Å². The summed E-state index contributed by atoms with van der Waals surface area (Å²) < 4.78 is 10.4. The van der Waals surface area contributed by atoms with E-state index in [-0.39, 0.29) is 12.4 Å². The van der Waals surface area contributed by atoms with Crippen LogP contribution in [0.3, 0.4) is 0 Å². The summed E-state index contributed by atoms with van der Waals surface area (Å²) in [6.07, 6.45) is 1.43. The van der Waals surface area contributed by atoms with Crippen molar-refractivity contribution in [2.75, 3.05) is 11.9 Å². The van der Waals surface area contributed by atoms with Gasteiger partial charge in [0.1, 0.15) is 10.6 Å². The number of benzene rings is 2. The molecule has 0 bridgehead atoms. The van der Waals surface area contributed by atoms with Crippen molar-refractivity contribution in [3.05, 3.63) is 89.7 Å². The lowest BCUT2D eigenvalue weighted by Gasteiger charge is -2.09. The van der Waals surface area contributed by atoms with Gasteiger partial charge in [0.2, 0.25) is 0 Å². The molecule has 1 N–H and O–H groups in total. The van der Waals surface area contributed by atoms with E-state index in [2.05, 4.69) is 5.32 Å². The van der Waals surface area contributed by atoms with Crippen molar-refractivity contribution in [1.82, 2.24) is 0 Å². The fourth-order valence-electron chi connectivity index (χ4n) is 3.11. The van der Waals surface area contributed by atoms with Crippen molar-refractivity contribution < 1.29 is 18.7 Å². The van der Waals surface area contributed by atoms with E-state index in [9.17, 15) is 9.59 Å². The number of esters is 1. The number of nitrogens with one attached hydrogen (secondary N) is 1. The van der Waals surface area contributed by atoms with Gasteiger partial charge >= 0.3 is 5.97 Å². The second-order valence-corrected chi connectivity index (χ2v) is 7.33. The van der Waals surface area contributed by atoms with E-state index >= 15 is 0 Å². The van der Waals surface area contributed by atoms with E-state index in [4.69, 9.17) is 9.15 Å². The quantitative estimate of drug-likeness (QED) is 0.385. The van der Waals surface area contributed by atoms with Gasteiger partial charge in [0.25, 0.3) is 5.91 Å². The van der Waals surface area contributed by atoms with Crippen LogP contribution >= 0.6 is 11.3 Å². The molecule has 0 unspecified atom stereocenters. The second-order valence-electron chi connectivity index (χ2n) is 6.45. The van der Waals surface area contributed by atoms with Crippen LogP contribution in [-0.4, -0.2) is 18.5 Å². The Kier molecular flexibility index (Phi) is 5.77. The van der Waals surface area contributed by atoms with Gasteiger partial charge in [-0.25, -0.2) is 4.79 Å². The molecule has 0 atom stereocenters. The maximum atomic E-state index is 12.7. The zero-order valence-electron chi connectivity index (χ0n) is 16.3. The molecule has 2 aromatic carbocycles. The van der Waals surface area contributed by atoms with Crippen LogP contribution in [0.5, 0.6) is 0 Å². The summed E-state index contributed by atoms with van der Waals surface area (Å²) in [5.41, 5.74) is 4.12. The minimum Gasteiger partial charge on any atom is -0.462 e. The molecule has 6 heteroatoms. The average molecular weight is 417 g/mol. The standard InChI is InChI=1S/C24H19NO4S/c1-2-28-24(27)21-19(15-30-23(21)25-22(26)20-9-6-14-29-20)18-12-10-17(11-13-18)16-7-4-3-5-8-16/h3-15H,2H2,1H3,(H,25,26). The lowest BCUT2D eigenvalue weighted by molar-refractivity contribution is 0.0529. The highest BCUT2D eigenvalue weighted by Crippen LogP contribution is 2.37. The molecular weight excluding hydrogens is 398 g/mol. The summed E-state index contributed by atoms with van der Waals surface area (Å²) in [5.74, 6) is -0.721. The first-order chi connectivity index (χ1) is 14.7. The summed E-state index contributed by atoms with van der Waals surface area (Å²) >= 11 is 1.28. The third-order valence-electron chi connectivity index (χ3n) is 4.55. The van der Waals surface area contributed by atoms with Gasteiger partial charge in [-0.2, -0.15) is 0 Å². The minimum absolute atomic E-state index is 0.173. The van der Waals surface area contributed by atoms with E-state index in [1.807, 2.05) is 60.0 Å². The zero-order valence-corrected chi connectivity index (χ0v) is 17.1. The molecule has 0 saturated carbocycles. The number of hydrogen-bond acceptors (Lipinski definition) is 5. The molecule has 0 radical (unpaired) electrons. The topological polar surface area (TPSA) is 68.5 Å². The van der Waals surface area contributed by atoms with Crippen LogP contribution in [0.15, 0.2) is 82.8 Å². The van der Waals surface area contributed by atoms with Crippen LogP contribution in [0.1, 0.15) is 27.8 Å². The summed E-state index contributed by atoms with van der Waals surface area (Å²) in [7, 11) is 0. The van der Waals surface area contributed by atoms with E-state index in [0.717, 1.165) is 16.7 Å². The number of amides is 1. The van der Waals surface area contributed by atoms with Crippen molar-refractivity contribution in [3.8, 4) is 22.3 Å². The largest absolute Gasteiger partial charge is 0.462 e. The van der Waals surface area contributed by atoms with Gasteiger partial charge in [-0.15, -0.1) is 11.3 Å². The number of ether oxygens (including phenoxy) is 1. The minimum atomic E-state index is -0.476. The highest BCUT2D eigenvalue weighted by atomic mass is 32.1. The smallest absolute Gasteiger partial charge is 0.341 e. The van der Waals surface area contributed by atoms with Crippen LogP contribution in [0.4, 0.5) is 5.00 Å². The molecule has 4 aromatic rings. The van der Waals surface area contributed by atoms with Crippen molar-refractivity contribution in [1.29, 1.82) is 0 Å². The van der Waals surface area contributed by atoms with Gasteiger partial charge < -0.3 is 14.5 Å².